The van der Waals surface area contributed by atoms with Crippen LogP contribution < -0.4 is 15.4 Å². The minimum absolute atomic E-state index is 0.0746. The molecular formula is C27H26FN5O3S. The smallest absolute Gasteiger partial charge is 0.234 e. The summed E-state index contributed by atoms with van der Waals surface area (Å²) in [4.78, 5) is 25.0. The van der Waals surface area contributed by atoms with Crippen molar-refractivity contribution in [3.8, 4) is 11.4 Å². The number of methoxy groups -OCH3 is 1. The van der Waals surface area contributed by atoms with Gasteiger partial charge in [-0.3, -0.25) is 14.2 Å². The van der Waals surface area contributed by atoms with E-state index in [4.69, 9.17) is 4.74 Å². The molecule has 0 atom stereocenters. The predicted octanol–water partition coefficient (Wildman–Crippen LogP) is 4.31. The van der Waals surface area contributed by atoms with E-state index in [0.29, 0.717) is 16.7 Å². The monoisotopic (exact) mass is 519 g/mol. The molecule has 2 amide bonds. The Bertz CT molecular complexity index is 1370. The topological polar surface area (TPSA) is 98.1 Å². The second-order valence-electron chi connectivity index (χ2n) is 8.22. The van der Waals surface area contributed by atoms with E-state index in [-0.39, 0.29) is 36.4 Å². The molecule has 3 aromatic carbocycles. The first-order valence-corrected chi connectivity index (χ1v) is 12.5. The second-order valence-corrected chi connectivity index (χ2v) is 9.16. The number of aromatic nitrogens is 3. The maximum Gasteiger partial charge on any atom is 0.234 e. The van der Waals surface area contributed by atoms with E-state index in [0.717, 1.165) is 22.6 Å². The summed E-state index contributed by atoms with van der Waals surface area (Å²) in [5.74, 6) is 0.552. The first kappa shape index (κ1) is 25.9. The van der Waals surface area contributed by atoms with Gasteiger partial charge in [-0.05, 0) is 66.6 Å². The lowest BCUT2D eigenvalue weighted by atomic mass is 10.1. The lowest BCUT2D eigenvalue weighted by Crippen LogP contribution is -2.26. The molecule has 4 aromatic rings. The molecular weight excluding hydrogens is 493 g/mol. The summed E-state index contributed by atoms with van der Waals surface area (Å²) < 4.78 is 20.1. The fourth-order valence-corrected chi connectivity index (χ4v) is 4.33. The van der Waals surface area contributed by atoms with Gasteiger partial charge in [0.25, 0.3) is 0 Å². The number of amides is 2. The van der Waals surface area contributed by atoms with Gasteiger partial charge in [0, 0.05) is 11.4 Å². The summed E-state index contributed by atoms with van der Waals surface area (Å²) in [7, 11) is 1.59. The van der Waals surface area contributed by atoms with Crippen LogP contribution in [0.2, 0.25) is 0 Å². The lowest BCUT2D eigenvalue weighted by Gasteiger charge is -2.12. The minimum atomic E-state index is -0.373. The summed E-state index contributed by atoms with van der Waals surface area (Å²) >= 11 is 1.22. The standard InChI is InChI=1S/C27H26FN5O3S/c1-18-4-3-5-22(14-18)33-24(16-29-25(34)15-19-6-12-23(36-2)13-7-19)31-32-27(33)37-17-26(35)30-21-10-8-20(28)9-11-21/h3-14H,15-17H2,1-2H3,(H,29,34)(H,30,35). The highest BCUT2D eigenvalue weighted by Gasteiger charge is 2.17. The van der Waals surface area contributed by atoms with Crippen LogP contribution >= 0.6 is 11.8 Å². The normalized spacial score (nSPS) is 10.7. The molecule has 8 nitrogen and oxygen atoms in total. The Morgan fingerprint density at radius 3 is 2.46 bits per heavy atom. The molecule has 0 bridgehead atoms. The van der Waals surface area contributed by atoms with Crippen LogP contribution in [0.15, 0.2) is 78.0 Å². The van der Waals surface area contributed by atoms with E-state index < -0.39 is 0 Å². The number of carbonyl (C=O) groups is 2. The Balaban J connectivity index is 1.44. The maximum absolute atomic E-state index is 13.1. The third-order valence-electron chi connectivity index (χ3n) is 5.39. The molecule has 1 heterocycles. The van der Waals surface area contributed by atoms with Crippen molar-refractivity contribution in [2.75, 3.05) is 18.2 Å². The second kappa shape index (κ2) is 12.2. The van der Waals surface area contributed by atoms with Crippen molar-refractivity contribution in [2.24, 2.45) is 0 Å². The molecule has 37 heavy (non-hydrogen) atoms. The zero-order chi connectivity index (χ0) is 26.2. The molecule has 0 aliphatic carbocycles. The van der Waals surface area contributed by atoms with Crippen molar-refractivity contribution >= 4 is 29.3 Å². The van der Waals surface area contributed by atoms with Crippen molar-refractivity contribution in [3.63, 3.8) is 0 Å². The first-order valence-electron chi connectivity index (χ1n) is 11.5. The predicted molar refractivity (Wildman–Crippen MR) is 140 cm³/mol. The molecule has 1 aromatic heterocycles. The maximum atomic E-state index is 13.1. The van der Waals surface area contributed by atoms with Crippen molar-refractivity contribution in [3.05, 3.63) is 95.6 Å². The molecule has 0 aliphatic heterocycles. The van der Waals surface area contributed by atoms with Crippen LogP contribution in [0.5, 0.6) is 5.75 Å². The van der Waals surface area contributed by atoms with E-state index in [9.17, 15) is 14.0 Å². The molecule has 0 saturated carbocycles. The number of nitrogens with one attached hydrogen (secondary N) is 2. The average Bonchev–Trinajstić information content (AvgIpc) is 3.31. The van der Waals surface area contributed by atoms with E-state index in [2.05, 4.69) is 20.8 Å². The molecule has 0 spiro atoms. The van der Waals surface area contributed by atoms with Gasteiger partial charge in [0.15, 0.2) is 11.0 Å². The van der Waals surface area contributed by atoms with Crippen molar-refractivity contribution in [1.29, 1.82) is 0 Å². The van der Waals surface area contributed by atoms with Crippen LogP contribution in [0.25, 0.3) is 5.69 Å². The Labute approximate surface area is 218 Å². The zero-order valence-electron chi connectivity index (χ0n) is 20.4. The highest BCUT2D eigenvalue weighted by Crippen LogP contribution is 2.23. The van der Waals surface area contributed by atoms with Crippen molar-refractivity contribution in [1.82, 2.24) is 20.1 Å². The van der Waals surface area contributed by atoms with Crippen LogP contribution in [0, 0.1) is 12.7 Å². The SMILES string of the molecule is COc1ccc(CC(=O)NCc2nnc(SCC(=O)Nc3ccc(F)cc3)n2-c2cccc(C)c2)cc1. The van der Waals surface area contributed by atoms with Crippen LogP contribution in [0.3, 0.4) is 0 Å². The fraction of sp³-hybridized carbons (Fsp3) is 0.185. The molecule has 0 unspecified atom stereocenters. The van der Waals surface area contributed by atoms with Gasteiger partial charge in [-0.1, -0.05) is 36.0 Å². The first-order chi connectivity index (χ1) is 17.9. The van der Waals surface area contributed by atoms with E-state index >= 15 is 0 Å². The van der Waals surface area contributed by atoms with Crippen LogP contribution in [-0.4, -0.2) is 39.4 Å². The third-order valence-corrected chi connectivity index (χ3v) is 6.32. The largest absolute Gasteiger partial charge is 0.497 e. The highest BCUT2D eigenvalue weighted by molar-refractivity contribution is 7.99. The number of hydrogen-bond acceptors (Lipinski definition) is 6. The van der Waals surface area contributed by atoms with Crippen molar-refractivity contribution in [2.45, 2.75) is 25.0 Å². The van der Waals surface area contributed by atoms with Gasteiger partial charge in [0.2, 0.25) is 11.8 Å². The summed E-state index contributed by atoms with van der Waals surface area (Å²) in [5, 5.41) is 14.7. The summed E-state index contributed by atoms with van der Waals surface area (Å²) in [6.45, 7) is 2.14. The number of halogens is 1. The number of carbonyl (C=O) groups excluding carboxylic acids is 2. The van der Waals surface area contributed by atoms with E-state index in [1.807, 2.05) is 60.0 Å². The molecule has 10 heteroatoms. The number of aryl methyl sites for hydroxylation is 1. The minimum Gasteiger partial charge on any atom is -0.497 e. The van der Waals surface area contributed by atoms with Crippen LogP contribution in [-0.2, 0) is 22.6 Å². The number of hydrogen-bond donors (Lipinski definition) is 2. The molecule has 190 valence electrons. The van der Waals surface area contributed by atoms with E-state index in [1.165, 1.54) is 36.0 Å². The van der Waals surface area contributed by atoms with Gasteiger partial charge < -0.3 is 15.4 Å². The number of rotatable bonds is 10. The fourth-order valence-electron chi connectivity index (χ4n) is 3.56. The molecule has 0 radical (unpaired) electrons. The summed E-state index contributed by atoms with van der Waals surface area (Å²) in [5.41, 5.74) is 3.24. The molecule has 0 aliphatic rings. The molecule has 2 N–H and O–H groups in total. The van der Waals surface area contributed by atoms with Crippen LogP contribution in [0.1, 0.15) is 17.0 Å². The molecule has 0 saturated heterocycles. The Kier molecular flexibility index (Phi) is 8.52. The molecule has 0 fully saturated rings. The Morgan fingerprint density at radius 1 is 1.00 bits per heavy atom. The Morgan fingerprint density at radius 2 is 1.76 bits per heavy atom. The summed E-state index contributed by atoms with van der Waals surface area (Å²) in [6, 6.07) is 20.7. The zero-order valence-corrected chi connectivity index (χ0v) is 21.2. The number of anilines is 1. The van der Waals surface area contributed by atoms with Gasteiger partial charge in [-0.15, -0.1) is 10.2 Å². The lowest BCUT2D eigenvalue weighted by molar-refractivity contribution is -0.120. The quantitative estimate of drug-likeness (QED) is 0.303. The highest BCUT2D eigenvalue weighted by atomic mass is 32.2. The van der Waals surface area contributed by atoms with E-state index in [1.54, 1.807) is 7.11 Å². The average molecular weight is 520 g/mol. The van der Waals surface area contributed by atoms with Crippen molar-refractivity contribution < 1.29 is 18.7 Å². The Hall–Kier alpha value is -4.18. The number of benzene rings is 3. The van der Waals surface area contributed by atoms with Crippen LogP contribution in [0.4, 0.5) is 10.1 Å². The van der Waals surface area contributed by atoms with Gasteiger partial charge >= 0.3 is 0 Å². The number of nitrogens with zero attached hydrogens (tertiary/aromatic N) is 3. The van der Waals surface area contributed by atoms with Gasteiger partial charge in [0.05, 0.1) is 25.8 Å². The summed E-state index contributed by atoms with van der Waals surface area (Å²) in [6.07, 6.45) is 0.216. The van der Waals surface area contributed by atoms with Gasteiger partial charge in [-0.25, -0.2) is 4.39 Å². The number of thioether (sulfide) groups is 1. The van der Waals surface area contributed by atoms with Gasteiger partial charge in [0.1, 0.15) is 11.6 Å². The number of ether oxygens (including phenoxy) is 1. The molecule has 4 rings (SSSR count). The third kappa shape index (κ3) is 7.17. The van der Waals surface area contributed by atoms with Gasteiger partial charge in [-0.2, -0.15) is 0 Å².